The molecule has 0 aromatic rings. The number of hydrogen-bond acceptors (Lipinski definition) is 2. The highest BCUT2D eigenvalue weighted by Crippen LogP contribution is 2.32. The van der Waals surface area contributed by atoms with Gasteiger partial charge in [0.2, 0.25) is 9.05 Å². The molecule has 0 rings (SSSR count). The van der Waals surface area contributed by atoms with Crippen LogP contribution in [0.1, 0.15) is 20.3 Å². The molecular formula is C6H10ClF3O2S. The van der Waals surface area contributed by atoms with Gasteiger partial charge in [-0.1, -0.05) is 13.8 Å². The molecule has 1 unspecified atom stereocenters. The van der Waals surface area contributed by atoms with Crippen molar-refractivity contribution in [2.75, 3.05) is 0 Å². The lowest BCUT2D eigenvalue weighted by atomic mass is 10.1. The highest BCUT2D eigenvalue weighted by Gasteiger charge is 2.47. The lowest BCUT2D eigenvalue weighted by Crippen LogP contribution is -2.35. The second kappa shape index (κ2) is 4.04. The SMILES string of the molecule is CC(C)CC(C(F)(F)F)S(=O)(=O)Cl. The number of rotatable bonds is 3. The second-order valence-corrected chi connectivity index (χ2v) is 5.95. The van der Waals surface area contributed by atoms with Crippen LogP contribution in [0.4, 0.5) is 13.2 Å². The van der Waals surface area contributed by atoms with Gasteiger partial charge in [-0.2, -0.15) is 13.2 Å². The summed E-state index contributed by atoms with van der Waals surface area (Å²) >= 11 is 0. The maximum atomic E-state index is 12.1. The molecule has 0 aliphatic heterocycles. The molecule has 0 aromatic heterocycles. The monoisotopic (exact) mass is 238 g/mol. The Bertz CT molecular complexity index is 258. The Kier molecular flexibility index (Phi) is 4.05. The molecule has 0 aromatic carbocycles. The summed E-state index contributed by atoms with van der Waals surface area (Å²) in [5, 5.41) is -2.46. The van der Waals surface area contributed by atoms with Gasteiger partial charge in [-0.25, -0.2) is 8.42 Å². The van der Waals surface area contributed by atoms with E-state index >= 15 is 0 Å². The van der Waals surface area contributed by atoms with E-state index in [0.29, 0.717) is 0 Å². The van der Waals surface area contributed by atoms with Crippen molar-refractivity contribution in [2.45, 2.75) is 31.7 Å². The average Bonchev–Trinajstić information content (AvgIpc) is 1.77. The quantitative estimate of drug-likeness (QED) is 0.708. The minimum Gasteiger partial charge on any atom is -0.212 e. The van der Waals surface area contributed by atoms with E-state index in [1.165, 1.54) is 13.8 Å². The summed E-state index contributed by atoms with van der Waals surface area (Å²) in [6.07, 6.45) is -5.29. The first-order valence-corrected chi connectivity index (χ1v) is 5.92. The van der Waals surface area contributed by atoms with Crippen molar-refractivity contribution >= 4 is 19.7 Å². The third-order valence-electron chi connectivity index (χ3n) is 1.39. The summed E-state index contributed by atoms with van der Waals surface area (Å²) in [6.45, 7) is 3.00. The van der Waals surface area contributed by atoms with Crippen LogP contribution in [-0.4, -0.2) is 19.8 Å². The van der Waals surface area contributed by atoms with Crippen LogP contribution in [0.2, 0.25) is 0 Å². The van der Waals surface area contributed by atoms with Crippen LogP contribution >= 0.6 is 10.7 Å². The van der Waals surface area contributed by atoms with E-state index in [2.05, 4.69) is 10.7 Å². The molecule has 0 radical (unpaired) electrons. The molecule has 0 bridgehead atoms. The van der Waals surface area contributed by atoms with E-state index in [9.17, 15) is 21.6 Å². The Morgan fingerprint density at radius 3 is 1.77 bits per heavy atom. The molecule has 0 heterocycles. The standard InChI is InChI=1S/C6H10ClF3O2S/c1-4(2)3-5(6(8,9)10)13(7,11)12/h4-5H,3H2,1-2H3. The van der Waals surface area contributed by atoms with E-state index in [4.69, 9.17) is 0 Å². The fourth-order valence-corrected chi connectivity index (χ4v) is 2.29. The van der Waals surface area contributed by atoms with Crippen LogP contribution in [0.25, 0.3) is 0 Å². The maximum Gasteiger partial charge on any atom is 0.406 e. The molecule has 0 fully saturated rings. The summed E-state index contributed by atoms with van der Waals surface area (Å²) in [7, 11) is 0.110. The fourth-order valence-electron chi connectivity index (χ4n) is 0.836. The van der Waals surface area contributed by atoms with Gasteiger partial charge in [-0.05, 0) is 12.3 Å². The van der Waals surface area contributed by atoms with Gasteiger partial charge in [-0.3, -0.25) is 0 Å². The summed E-state index contributed by atoms with van der Waals surface area (Å²) in [6, 6.07) is 0. The molecule has 1 atom stereocenters. The molecule has 0 aliphatic rings. The van der Waals surface area contributed by atoms with Gasteiger partial charge in [-0.15, -0.1) is 0 Å². The van der Waals surface area contributed by atoms with Crippen molar-refractivity contribution in [3.63, 3.8) is 0 Å². The smallest absolute Gasteiger partial charge is 0.212 e. The molecular weight excluding hydrogens is 229 g/mol. The van der Waals surface area contributed by atoms with Crippen molar-refractivity contribution in [2.24, 2.45) is 5.92 Å². The van der Waals surface area contributed by atoms with Crippen LogP contribution in [0, 0.1) is 5.92 Å². The van der Waals surface area contributed by atoms with E-state index in [0.717, 1.165) is 0 Å². The van der Waals surface area contributed by atoms with E-state index in [1.54, 1.807) is 0 Å². The van der Waals surface area contributed by atoms with Crippen molar-refractivity contribution in [3.8, 4) is 0 Å². The molecule has 0 saturated carbocycles. The lowest BCUT2D eigenvalue weighted by Gasteiger charge is -2.18. The van der Waals surface area contributed by atoms with Gasteiger partial charge >= 0.3 is 6.18 Å². The number of hydrogen-bond donors (Lipinski definition) is 0. The van der Waals surface area contributed by atoms with Crippen molar-refractivity contribution < 1.29 is 21.6 Å². The van der Waals surface area contributed by atoms with E-state index in [1.807, 2.05) is 0 Å². The Balaban J connectivity index is 4.80. The first-order valence-electron chi connectivity index (χ1n) is 3.55. The van der Waals surface area contributed by atoms with Crippen LogP contribution in [0.15, 0.2) is 0 Å². The van der Waals surface area contributed by atoms with Crippen LogP contribution in [0.5, 0.6) is 0 Å². The van der Waals surface area contributed by atoms with Gasteiger partial charge < -0.3 is 0 Å². The largest absolute Gasteiger partial charge is 0.406 e. The molecule has 0 saturated heterocycles. The van der Waals surface area contributed by atoms with Gasteiger partial charge in [0.05, 0.1) is 0 Å². The first kappa shape index (κ1) is 13.0. The third kappa shape index (κ3) is 4.71. The summed E-state index contributed by atoms with van der Waals surface area (Å²) in [5.41, 5.74) is 0. The van der Waals surface area contributed by atoms with Crippen LogP contribution < -0.4 is 0 Å². The highest BCUT2D eigenvalue weighted by atomic mass is 35.7. The van der Waals surface area contributed by atoms with Crippen molar-refractivity contribution in [3.05, 3.63) is 0 Å². The minimum atomic E-state index is -4.79. The Hall–Kier alpha value is 0.0300. The molecule has 0 aliphatic carbocycles. The van der Waals surface area contributed by atoms with Gasteiger partial charge in [0.25, 0.3) is 0 Å². The van der Waals surface area contributed by atoms with Gasteiger partial charge in [0.15, 0.2) is 5.25 Å². The zero-order valence-corrected chi connectivity index (χ0v) is 8.67. The molecule has 0 spiro atoms. The zero-order chi connectivity index (χ0) is 10.9. The van der Waals surface area contributed by atoms with Crippen molar-refractivity contribution in [1.29, 1.82) is 0 Å². The van der Waals surface area contributed by atoms with Crippen LogP contribution in [0.3, 0.4) is 0 Å². The van der Waals surface area contributed by atoms with Crippen molar-refractivity contribution in [1.82, 2.24) is 0 Å². The number of halogens is 4. The maximum absolute atomic E-state index is 12.1. The topological polar surface area (TPSA) is 34.1 Å². The molecule has 2 nitrogen and oxygen atoms in total. The highest BCUT2D eigenvalue weighted by molar-refractivity contribution is 8.14. The van der Waals surface area contributed by atoms with Gasteiger partial charge in [0, 0.05) is 10.7 Å². The first-order chi connectivity index (χ1) is 5.55. The Labute approximate surface area is 79.5 Å². The van der Waals surface area contributed by atoms with E-state index in [-0.39, 0.29) is 5.92 Å². The lowest BCUT2D eigenvalue weighted by molar-refractivity contribution is -0.132. The summed E-state index contributed by atoms with van der Waals surface area (Å²) < 4.78 is 57.5. The third-order valence-corrected chi connectivity index (χ3v) is 3.18. The average molecular weight is 239 g/mol. The van der Waals surface area contributed by atoms with E-state index < -0.39 is 26.9 Å². The zero-order valence-electron chi connectivity index (χ0n) is 7.10. The fraction of sp³-hybridized carbons (Fsp3) is 1.00. The second-order valence-electron chi connectivity index (χ2n) is 3.14. The molecule has 7 heteroatoms. The predicted octanol–water partition coefficient (Wildman–Crippen LogP) is 2.53. The molecule has 80 valence electrons. The number of alkyl halides is 3. The molecule has 0 amide bonds. The van der Waals surface area contributed by atoms with Crippen LogP contribution in [-0.2, 0) is 9.05 Å². The Morgan fingerprint density at radius 1 is 1.31 bits per heavy atom. The summed E-state index contributed by atoms with van der Waals surface area (Å²) in [4.78, 5) is 0. The molecule has 0 N–H and O–H groups in total. The molecule has 13 heavy (non-hydrogen) atoms. The minimum absolute atomic E-state index is 0.375. The predicted molar refractivity (Wildman–Crippen MR) is 44.1 cm³/mol. The Morgan fingerprint density at radius 2 is 1.69 bits per heavy atom. The normalized spacial score (nSPS) is 16.2. The van der Waals surface area contributed by atoms with Gasteiger partial charge in [0.1, 0.15) is 0 Å². The summed E-state index contributed by atoms with van der Waals surface area (Å²) in [5.74, 6) is -0.375.